The zero-order valence-corrected chi connectivity index (χ0v) is 16.2. The molecule has 1 amide bonds. The second kappa shape index (κ2) is 9.64. The standard InChI is InChI=1S/C21H26N4O3/c1-3-23-21(24-12-15-8-10-16(11-9-15)20(26)22-2)25-13-17-14-27-18-6-4-5-7-19(18)28-17/h4-11,17H,3,12-14H2,1-2H3,(H,22,26)(H2,23,24,25). The molecule has 0 spiro atoms. The minimum absolute atomic E-state index is 0.0920. The smallest absolute Gasteiger partial charge is 0.251 e. The average molecular weight is 382 g/mol. The summed E-state index contributed by atoms with van der Waals surface area (Å²) in [4.78, 5) is 16.2. The van der Waals surface area contributed by atoms with E-state index in [0.29, 0.717) is 31.2 Å². The second-order valence-electron chi connectivity index (χ2n) is 6.35. The van der Waals surface area contributed by atoms with E-state index in [1.807, 2.05) is 43.3 Å². The Morgan fingerprint density at radius 1 is 1.11 bits per heavy atom. The van der Waals surface area contributed by atoms with E-state index in [1.165, 1.54) is 0 Å². The average Bonchev–Trinajstić information content (AvgIpc) is 2.75. The summed E-state index contributed by atoms with van der Waals surface area (Å²) in [7, 11) is 1.62. The van der Waals surface area contributed by atoms with Gasteiger partial charge in [-0.05, 0) is 36.8 Å². The first kappa shape index (κ1) is 19.5. The highest BCUT2D eigenvalue weighted by atomic mass is 16.6. The summed E-state index contributed by atoms with van der Waals surface area (Å²) in [6.45, 7) is 4.35. The number of ether oxygens (including phenoxy) is 2. The van der Waals surface area contributed by atoms with Crippen molar-refractivity contribution in [2.75, 3.05) is 26.7 Å². The van der Waals surface area contributed by atoms with Crippen LogP contribution in [-0.4, -0.2) is 44.7 Å². The second-order valence-corrected chi connectivity index (χ2v) is 6.35. The molecule has 0 fully saturated rings. The molecule has 1 unspecified atom stereocenters. The van der Waals surface area contributed by atoms with E-state index in [1.54, 1.807) is 19.2 Å². The normalized spacial score (nSPS) is 15.6. The lowest BCUT2D eigenvalue weighted by Gasteiger charge is -2.27. The van der Waals surface area contributed by atoms with Gasteiger partial charge in [0.1, 0.15) is 12.7 Å². The van der Waals surface area contributed by atoms with Gasteiger partial charge in [0.2, 0.25) is 0 Å². The van der Waals surface area contributed by atoms with Gasteiger partial charge in [-0.25, -0.2) is 4.99 Å². The number of rotatable bonds is 6. The number of amides is 1. The van der Waals surface area contributed by atoms with Crippen LogP contribution in [0, 0.1) is 0 Å². The Kier molecular flexibility index (Phi) is 6.73. The van der Waals surface area contributed by atoms with E-state index in [2.05, 4.69) is 20.9 Å². The Morgan fingerprint density at radius 3 is 2.57 bits per heavy atom. The first-order valence-corrected chi connectivity index (χ1v) is 9.41. The maximum atomic E-state index is 11.6. The largest absolute Gasteiger partial charge is 0.486 e. The van der Waals surface area contributed by atoms with Gasteiger partial charge >= 0.3 is 0 Å². The number of fused-ring (bicyclic) bond motifs is 1. The predicted molar refractivity (Wildman–Crippen MR) is 109 cm³/mol. The number of nitrogens with zero attached hydrogens (tertiary/aromatic N) is 1. The number of carbonyl (C=O) groups is 1. The molecule has 2 aromatic carbocycles. The highest BCUT2D eigenvalue weighted by molar-refractivity contribution is 5.93. The molecule has 0 aromatic heterocycles. The fourth-order valence-electron chi connectivity index (χ4n) is 2.79. The molecule has 3 N–H and O–H groups in total. The van der Waals surface area contributed by atoms with E-state index < -0.39 is 0 Å². The first-order chi connectivity index (χ1) is 13.7. The molecule has 1 aliphatic rings. The molecular formula is C21H26N4O3. The minimum atomic E-state index is -0.0960. The summed E-state index contributed by atoms with van der Waals surface area (Å²) in [5.74, 6) is 2.15. The van der Waals surface area contributed by atoms with Crippen molar-refractivity contribution < 1.29 is 14.3 Å². The van der Waals surface area contributed by atoms with Gasteiger partial charge in [0.25, 0.3) is 5.91 Å². The van der Waals surface area contributed by atoms with Gasteiger partial charge in [-0.15, -0.1) is 0 Å². The van der Waals surface area contributed by atoms with Crippen LogP contribution in [0.3, 0.4) is 0 Å². The molecule has 148 valence electrons. The molecule has 28 heavy (non-hydrogen) atoms. The van der Waals surface area contributed by atoms with Gasteiger partial charge in [-0.2, -0.15) is 0 Å². The number of hydrogen-bond donors (Lipinski definition) is 3. The summed E-state index contributed by atoms with van der Waals surface area (Å²) in [6.07, 6.45) is -0.0920. The maximum Gasteiger partial charge on any atom is 0.251 e. The van der Waals surface area contributed by atoms with Crippen molar-refractivity contribution in [3.8, 4) is 11.5 Å². The summed E-state index contributed by atoms with van der Waals surface area (Å²) >= 11 is 0. The molecule has 1 aliphatic heterocycles. The molecular weight excluding hydrogens is 356 g/mol. The van der Waals surface area contributed by atoms with E-state index >= 15 is 0 Å². The molecule has 0 saturated carbocycles. The van der Waals surface area contributed by atoms with Crippen molar-refractivity contribution in [3.05, 3.63) is 59.7 Å². The predicted octanol–water partition coefficient (Wildman–Crippen LogP) is 1.94. The number of carbonyl (C=O) groups excluding carboxylic acids is 1. The van der Waals surface area contributed by atoms with Crippen molar-refractivity contribution in [3.63, 3.8) is 0 Å². The van der Waals surface area contributed by atoms with E-state index in [9.17, 15) is 4.79 Å². The minimum Gasteiger partial charge on any atom is -0.486 e. The third-order valence-corrected chi connectivity index (χ3v) is 4.27. The van der Waals surface area contributed by atoms with E-state index in [0.717, 1.165) is 23.6 Å². The highest BCUT2D eigenvalue weighted by Gasteiger charge is 2.20. The van der Waals surface area contributed by atoms with E-state index in [-0.39, 0.29) is 12.0 Å². The summed E-state index contributed by atoms with van der Waals surface area (Å²) in [5, 5.41) is 9.14. The van der Waals surface area contributed by atoms with Crippen LogP contribution in [0.4, 0.5) is 0 Å². The van der Waals surface area contributed by atoms with Crippen molar-refractivity contribution in [1.82, 2.24) is 16.0 Å². The monoisotopic (exact) mass is 382 g/mol. The molecule has 3 rings (SSSR count). The van der Waals surface area contributed by atoms with Crippen molar-refractivity contribution >= 4 is 11.9 Å². The number of aliphatic imine (C=N–C) groups is 1. The van der Waals surface area contributed by atoms with Gasteiger partial charge in [-0.1, -0.05) is 24.3 Å². The van der Waals surface area contributed by atoms with Crippen LogP contribution in [-0.2, 0) is 6.54 Å². The Labute approximate surface area is 165 Å². The van der Waals surface area contributed by atoms with Crippen LogP contribution in [0.5, 0.6) is 11.5 Å². The summed E-state index contributed by atoms with van der Waals surface area (Å²) in [5.41, 5.74) is 1.66. The lowest BCUT2D eigenvalue weighted by Crippen LogP contribution is -2.45. The van der Waals surface area contributed by atoms with Crippen molar-refractivity contribution in [2.24, 2.45) is 4.99 Å². The zero-order chi connectivity index (χ0) is 19.8. The number of guanidine groups is 1. The third kappa shape index (κ3) is 5.16. The third-order valence-electron chi connectivity index (χ3n) is 4.27. The van der Waals surface area contributed by atoms with Crippen LogP contribution in [0.1, 0.15) is 22.8 Å². The van der Waals surface area contributed by atoms with Gasteiger partial charge < -0.3 is 25.4 Å². The Hall–Kier alpha value is -3.22. The molecule has 0 bridgehead atoms. The quantitative estimate of drug-likeness (QED) is 0.525. The van der Waals surface area contributed by atoms with Gasteiger partial charge in [0.05, 0.1) is 13.1 Å². The molecule has 0 radical (unpaired) electrons. The van der Waals surface area contributed by atoms with Crippen LogP contribution in [0.15, 0.2) is 53.5 Å². The lowest BCUT2D eigenvalue weighted by molar-refractivity contribution is 0.0936. The first-order valence-electron chi connectivity index (χ1n) is 9.41. The van der Waals surface area contributed by atoms with Crippen molar-refractivity contribution in [1.29, 1.82) is 0 Å². The van der Waals surface area contributed by atoms with Gasteiger partial charge in [0, 0.05) is 19.2 Å². The molecule has 1 atom stereocenters. The van der Waals surface area contributed by atoms with Gasteiger partial charge in [0.15, 0.2) is 17.5 Å². The van der Waals surface area contributed by atoms with Crippen LogP contribution >= 0.6 is 0 Å². The number of benzene rings is 2. The Morgan fingerprint density at radius 2 is 1.86 bits per heavy atom. The van der Waals surface area contributed by atoms with Crippen LogP contribution < -0.4 is 25.4 Å². The fraction of sp³-hybridized carbons (Fsp3) is 0.333. The lowest BCUT2D eigenvalue weighted by atomic mass is 10.1. The highest BCUT2D eigenvalue weighted by Crippen LogP contribution is 2.30. The topological polar surface area (TPSA) is 84.0 Å². The molecule has 7 nitrogen and oxygen atoms in total. The van der Waals surface area contributed by atoms with Gasteiger partial charge in [-0.3, -0.25) is 4.79 Å². The Bertz CT molecular complexity index is 821. The maximum absolute atomic E-state index is 11.6. The fourth-order valence-corrected chi connectivity index (χ4v) is 2.79. The number of nitrogens with one attached hydrogen (secondary N) is 3. The molecule has 0 saturated heterocycles. The van der Waals surface area contributed by atoms with Crippen LogP contribution in [0.25, 0.3) is 0 Å². The van der Waals surface area contributed by atoms with Crippen molar-refractivity contribution in [2.45, 2.75) is 19.6 Å². The molecule has 0 aliphatic carbocycles. The van der Waals surface area contributed by atoms with E-state index in [4.69, 9.17) is 9.47 Å². The summed E-state index contributed by atoms with van der Waals surface area (Å²) < 4.78 is 11.7. The SMILES string of the molecule is CCNC(=NCc1ccc(C(=O)NC)cc1)NCC1COc2ccccc2O1. The molecule has 7 heteroatoms. The number of para-hydroxylation sites is 2. The number of hydrogen-bond acceptors (Lipinski definition) is 4. The Balaban J connectivity index is 1.55. The molecule has 1 heterocycles. The zero-order valence-electron chi connectivity index (χ0n) is 16.2. The summed E-state index contributed by atoms with van der Waals surface area (Å²) in [6, 6.07) is 15.1. The van der Waals surface area contributed by atoms with Crippen LogP contribution in [0.2, 0.25) is 0 Å². The molecule has 2 aromatic rings.